The van der Waals surface area contributed by atoms with Gasteiger partial charge in [-0.2, -0.15) is 0 Å². The van der Waals surface area contributed by atoms with Gasteiger partial charge < -0.3 is 5.32 Å². The van der Waals surface area contributed by atoms with Crippen LogP contribution < -0.4 is 5.32 Å². The topological polar surface area (TPSA) is 42.0 Å². The average molecular weight is 257 g/mol. The summed E-state index contributed by atoms with van der Waals surface area (Å²) in [6.07, 6.45) is 0. The molecule has 2 rings (SSSR count). The van der Waals surface area contributed by atoms with Gasteiger partial charge in [0.1, 0.15) is 11.5 Å². The Kier molecular flexibility index (Phi) is 3.17. The molecule has 0 unspecified atom stereocenters. The zero-order valence-corrected chi connectivity index (χ0v) is 9.48. The first-order valence-corrected chi connectivity index (χ1v) is 5.63. The van der Waals surface area contributed by atoms with Crippen LogP contribution in [0.15, 0.2) is 29.1 Å². The molecule has 0 aliphatic heterocycles. The van der Waals surface area contributed by atoms with Gasteiger partial charge >= 0.3 is 0 Å². The Morgan fingerprint density at radius 2 is 2.31 bits per heavy atom. The molecule has 1 N–H and O–H groups in total. The molecular weight excluding hydrogens is 251 g/mol. The highest BCUT2D eigenvalue weighted by Gasteiger charge is 2.10. The molecule has 0 bridgehead atoms. The van der Waals surface area contributed by atoms with Crippen LogP contribution in [0.1, 0.15) is 10.5 Å². The summed E-state index contributed by atoms with van der Waals surface area (Å²) >= 11 is 6.89. The second-order valence-corrected chi connectivity index (χ2v) is 4.11. The fourth-order valence-corrected chi connectivity index (χ4v) is 1.79. The molecule has 0 aliphatic rings. The standard InChI is InChI=1S/C10H6ClFN2OS/c11-6-1-2-8(7(12)3-6)14-10(15)9-4-16-5-13-9/h1-5H,(H,14,15). The molecule has 0 atom stereocenters. The molecule has 0 spiro atoms. The zero-order chi connectivity index (χ0) is 11.5. The summed E-state index contributed by atoms with van der Waals surface area (Å²) in [7, 11) is 0. The van der Waals surface area contributed by atoms with E-state index in [1.165, 1.54) is 29.0 Å². The van der Waals surface area contributed by atoms with Crippen molar-refractivity contribution in [3.8, 4) is 0 Å². The van der Waals surface area contributed by atoms with Crippen LogP contribution >= 0.6 is 22.9 Å². The second kappa shape index (κ2) is 4.59. The third-order valence-corrected chi connectivity index (χ3v) is 2.67. The Morgan fingerprint density at radius 3 is 2.94 bits per heavy atom. The van der Waals surface area contributed by atoms with Crippen molar-refractivity contribution in [1.82, 2.24) is 4.98 Å². The van der Waals surface area contributed by atoms with E-state index in [0.717, 1.165) is 6.07 Å². The Bertz CT molecular complexity index is 516. The van der Waals surface area contributed by atoms with Gasteiger partial charge in [-0.05, 0) is 18.2 Å². The van der Waals surface area contributed by atoms with Gasteiger partial charge in [-0.3, -0.25) is 4.79 Å². The highest BCUT2D eigenvalue weighted by Crippen LogP contribution is 2.19. The van der Waals surface area contributed by atoms with Crippen molar-refractivity contribution in [3.05, 3.63) is 45.6 Å². The van der Waals surface area contributed by atoms with Crippen molar-refractivity contribution < 1.29 is 9.18 Å². The molecule has 1 heterocycles. The minimum absolute atomic E-state index is 0.0856. The number of hydrogen-bond acceptors (Lipinski definition) is 3. The largest absolute Gasteiger partial charge is 0.318 e. The molecule has 1 aromatic carbocycles. The van der Waals surface area contributed by atoms with Crippen LogP contribution in [0.3, 0.4) is 0 Å². The zero-order valence-electron chi connectivity index (χ0n) is 7.91. The van der Waals surface area contributed by atoms with Gasteiger partial charge in [0.15, 0.2) is 0 Å². The van der Waals surface area contributed by atoms with Gasteiger partial charge in [0, 0.05) is 10.4 Å². The summed E-state index contributed by atoms with van der Waals surface area (Å²) in [4.78, 5) is 15.4. The summed E-state index contributed by atoms with van der Waals surface area (Å²) in [5, 5.41) is 4.28. The maximum atomic E-state index is 13.3. The molecule has 1 aromatic heterocycles. The van der Waals surface area contributed by atoms with E-state index in [4.69, 9.17) is 11.6 Å². The lowest BCUT2D eigenvalue weighted by Gasteiger charge is -2.04. The predicted molar refractivity (Wildman–Crippen MR) is 61.5 cm³/mol. The van der Waals surface area contributed by atoms with Crippen molar-refractivity contribution in [2.24, 2.45) is 0 Å². The summed E-state index contributed by atoms with van der Waals surface area (Å²) in [6, 6.07) is 4.04. The molecular formula is C10H6ClFN2OS. The Hall–Kier alpha value is -1.46. The number of hydrogen-bond donors (Lipinski definition) is 1. The fraction of sp³-hybridized carbons (Fsp3) is 0. The van der Waals surface area contributed by atoms with Crippen LogP contribution in [0.2, 0.25) is 5.02 Å². The maximum absolute atomic E-state index is 13.3. The average Bonchev–Trinajstić information content (AvgIpc) is 2.75. The number of nitrogens with one attached hydrogen (secondary N) is 1. The van der Waals surface area contributed by atoms with Crippen molar-refractivity contribution in [3.63, 3.8) is 0 Å². The molecule has 82 valence electrons. The molecule has 3 nitrogen and oxygen atoms in total. The molecule has 1 amide bonds. The van der Waals surface area contributed by atoms with E-state index in [1.807, 2.05) is 0 Å². The van der Waals surface area contributed by atoms with Crippen LogP contribution in [-0.2, 0) is 0 Å². The van der Waals surface area contributed by atoms with Crippen molar-refractivity contribution in [1.29, 1.82) is 0 Å². The molecule has 0 aliphatic carbocycles. The minimum Gasteiger partial charge on any atom is -0.318 e. The lowest BCUT2D eigenvalue weighted by atomic mass is 10.3. The molecule has 0 saturated heterocycles. The summed E-state index contributed by atoms with van der Waals surface area (Å²) in [6.45, 7) is 0. The van der Waals surface area contributed by atoms with Gasteiger partial charge in [-0.25, -0.2) is 9.37 Å². The third kappa shape index (κ3) is 2.37. The van der Waals surface area contributed by atoms with Crippen molar-refractivity contribution >= 4 is 34.5 Å². The highest BCUT2D eigenvalue weighted by atomic mass is 35.5. The number of carbonyl (C=O) groups excluding carboxylic acids is 1. The Balaban J connectivity index is 2.18. The van der Waals surface area contributed by atoms with E-state index in [9.17, 15) is 9.18 Å². The lowest BCUT2D eigenvalue weighted by molar-refractivity contribution is 0.102. The van der Waals surface area contributed by atoms with Crippen LogP contribution in [0.5, 0.6) is 0 Å². The number of amides is 1. The van der Waals surface area contributed by atoms with E-state index in [-0.39, 0.29) is 16.4 Å². The molecule has 0 saturated carbocycles. The van der Waals surface area contributed by atoms with E-state index in [1.54, 1.807) is 5.38 Å². The number of thiazole rings is 1. The van der Waals surface area contributed by atoms with Crippen molar-refractivity contribution in [2.75, 3.05) is 5.32 Å². The van der Waals surface area contributed by atoms with E-state index in [0.29, 0.717) is 0 Å². The van der Waals surface area contributed by atoms with Crippen LogP contribution in [0, 0.1) is 5.82 Å². The van der Waals surface area contributed by atoms with Crippen LogP contribution in [-0.4, -0.2) is 10.9 Å². The Labute approximate surface area is 99.9 Å². The second-order valence-electron chi connectivity index (χ2n) is 2.95. The molecule has 0 radical (unpaired) electrons. The third-order valence-electron chi connectivity index (χ3n) is 1.84. The molecule has 0 fully saturated rings. The summed E-state index contributed by atoms with van der Waals surface area (Å²) in [5.74, 6) is -1.02. The SMILES string of the molecule is O=C(Nc1ccc(Cl)cc1F)c1cscn1. The smallest absolute Gasteiger partial charge is 0.275 e. The van der Waals surface area contributed by atoms with E-state index >= 15 is 0 Å². The fourth-order valence-electron chi connectivity index (χ4n) is 1.10. The Morgan fingerprint density at radius 1 is 1.50 bits per heavy atom. The first-order chi connectivity index (χ1) is 7.66. The molecule has 16 heavy (non-hydrogen) atoms. The maximum Gasteiger partial charge on any atom is 0.275 e. The van der Waals surface area contributed by atoms with E-state index < -0.39 is 11.7 Å². The van der Waals surface area contributed by atoms with E-state index in [2.05, 4.69) is 10.3 Å². The van der Waals surface area contributed by atoms with Gasteiger partial charge in [-0.15, -0.1) is 11.3 Å². The van der Waals surface area contributed by atoms with Gasteiger partial charge in [0.25, 0.3) is 5.91 Å². The lowest BCUT2D eigenvalue weighted by Crippen LogP contribution is -2.13. The number of carbonyl (C=O) groups is 1. The first-order valence-electron chi connectivity index (χ1n) is 4.31. The van der Waals surface area contributed by atoms with Gasteiger partial charge in [0.05, 0.1) is 11.2 Å². The van der Waals surface area contributed by atoms with Gasteiger partial charge in [-0.1, -0.05) is 11.6 Å². The normalized spacial score (nSPS) is 10.1. The number of halogens is 2. The number of aromatic nitrogens is 1. The number of anilines is 1. The highest BCUT2D eigenvalue weighted by molar-refractivity contribution is 7.07. The van der Waals surface area contributed by atoms with Gasteiger partial charge in [0.2, 0.25) is 0 Å². The number of nitrogens with zero attached hydrogens (tertiary/aromatic N) is 1. The molecule has 2 aromatic rings. The first kappa shape index (κ1) is 11.0. The quantitative estimate of drug-likeness (QED) is 0.897. The number of rotatable bonds is 2. The molecule has 6 heteroatoms. The summed E-state index contributed by atoms with van der Waals surface area (Å²) < 4.78 is 13.3. The number of benzene rings is 1. The minimum atomic E-state index is -0.573. The van der Waals surface area contributed by atoms with Crippen molar-refractivity contribution in [2.45, 2.75) is 0 Å². The van der Waals surface area contributed by atoms with Crippen LogP contribution in [0.4, 0.5) is 10.1 Å². The monoisotopic (exact) mass is 256 g/mol. The predicted octanol–water partition coefficient (Wildman–Crippen LogP) is 3.19. The summed E-state index contributed by atoms with van der Waals surface area (Å²) in [5.41, 5.74) is 1.88. The van der Waals surface area contributed by atoms with Crippen LogP contribution in [0.25, 0.3) is 0 Å².